The third-order valence-corrected chi connectivity index (χ3v) is 27.4. The molecule has 2 saturated carbocycles. The number of ether oxygens (including phenoxy) is 17. The Morgan fingerprint density at radius 3 is 1.21 bits per heavy atom. The number of carbonyl (C=O) groups excluding carboxylic acids is 12. The standard InChI is InChI=1S/C97H143N6O31P/c1-57(2)103(58(3)4)135(121-52-30-44-98)122-56-73(55-120-97(74-34-24-23-25-35-74,75-36-40-77(116-19)41-37-75)76-38-42-78(117-20)43-39-76)33-26-27-46-101(95(114)133-91-65(11)61(7)63(9)83(131-91)89(110)118-21)50-32-51-102(96(115)134-92-66(12)62(8)64(10)84(132-92)90(111)119-22)48-29-28-47-100(94(113)130-80-54-60(6)82(124-68(14)105)88(128-72(18)109)86(80)126-70(16)107)49-31-45-99-93(112)129-79-53-59(5)81(123-67(13)104)87(127-71(17)108)85(79)125-69(15)106/h23-25,34-43,57-66,73,79-88,91-92H,26-33,45-56H2,1-22H3,(H,99,112). The molecule has 4 aliphatic rings. The van der Waals surface area contributed by atoms with Crippen molar-refractivity contribution >= 4 is 80.7 Å². The van der Waals surface area contributed by atoms with Gasteiger partial charge in [0.2, 0.25) is 12.6 Å². The van der Waals surface area contributed by atoms with Gasteiger partial charge in [0.25, 0.3) is 8.53 Å². The van der Waals surface area contributed by atoms with Gasteiger partial charge in [0.1, 0.15) is 41.5 Å². The van der Waals surface area contributed by atoms with E-state index < -0.39 is 184 Å². The first-order valence-corrected chi connectivity index (χ1v) is 47.8. The van der Waals surface area contributed by atoms with E-state index in [9.17, 15) is 48.4 Å². The Hall–Kier alpha value is -10.2. The second kappa shape index (κ2) is 54.7. The molecule has 0 radical (unpaired) electrons. The number of benzene rings is 3. The number of hydrogen-bond donors (Lipinski definition) is 1. The maximum atomic E-state index is 15.3. The van der Waals surface area contributed by atoms with Crippen molar-refractivity contribution in [3.05, 3.63) is 95.6 Å². The zero-order valence-corrected chi connectivity index (χ0v) is 83.2. The minimum Gasteiger partial charge on any atom is -0.497 e. The van der Waals surface area contributed by atoms with E-state index in [2.05, 4.69) is 43.8 Å². The summed E-state index contributed by atoms with van der Waals surface area (Å²) >= 11 is 0. The quantitative estimate of drug-likeness (QED) is 0.0180. The van der Waals surface area contributed by atoms with Gasteiger partial charge in [-0.25, -0.2) is 33.4 Å². The molecule has 2 heterocycles. The second-order valence-corrected chi connectivity index (χ2v) is 37.3. The molecule has 3 aromatic carbocycles. The number of esters is 8. The lowest BCUT2D eigenvalue weighted by atomic mass is 9.79. The molecule has 2 aliphatic carbocycles. The van der Waals surface area contributed by atoms with Gasteiger partial charge in [-0.15, -0.1) is 0 Å². The maximum Gasteiger partial charge on any atom is 0.412 e. The van der Waals surface area contributed by atoms with Crippen molar-refractivity contribution in [1.82, 2.24) is 24.7 Å². The highest BCUT2D eigenvalue weighted by molar-refractivity contribution is 7.44. The molecule has 22 atom stereocenters. The lowest BCUT2D eigenvalue weighted by Crippen LogP contribution is -2.59. The van der Waals surface area contributed by atoms with Crippen molar-refractivity contribution in [2.75, 3.05) is 94.1 Å². The highest BCUT2D eigenvalue weighted by atomic mass is 31.2. The minimum atomic E-state index is -1.74. The molecule has 4 amide bonds. The fourth-order valence-electron chi connectivity index (χ4n) is 17.7. The van der Waals surface area contributed by atoms with Gasteiger partial charge in [-0.2, -0.15) is 5.26 Å². The Kier molecular flexibility index (Phi) is 45.3. The average molecular weight is 1920 g/mol. The van der Waals surface area contributed by atoms with Crippen LogP contribution in [0.5, 0.6) is 11.5 Å². The highest BCUT2D eigenvalue weighted by Gasteiger charge is 2.54. The van der Waals surface area contributed by atoms with Crippen molar-refractivity contribution in [1.29, 1.82) is 5.26 Å². The summed E-state index contributed by atoms with van der Waals surface area (Å²) in [5.74, 6) is -8.33. The summed E-state index contributed by atoms with van der Waals surface area (Å²) in [5.41, 5.74) is 1.19. The predicted molar refractivity (Wildman–Crippen MR) is 489 cm³/mol. The molecule has 2 aliphatic heterocycles. The van der Waals surface area contributed by atoms with Crippen LogP contribution in [0.1, 0.15) is 206 Å². The first-order valence-electron chi connectivity index (χ1n) is 46.6. The summed E-state index contributed by atoms with van der Waals surface area (Å²) in [4.78, 5) is 166. The monoisotopic (exact) mass is 1920 g/mol. The Morgan fingerprint density at radius 1 is 0.437 bits per heavy atom. The average Bonchev–Trinajstić information content (AvgIpc) is 0.751. The van der Waals surface area contributed by atoms with Crippen LogP contribution >= 0.6 is 8.53 Å². The van der Waals surface area contributed by atoms with Crippen molar-refractivity contribution < 1.29 is 147 Å². The van der Waals surface area contributed by atoms with E-state index >= 15 is 14.4 Å². The number of rotatable bonds is 47. The normalized spacial score (nSPS) is 25.4. The SMILES string of the molecule is COC(=O)C1OC(OC(=O)N(CCCCC(COP(OCCC#N)N(C(C)C)C(C)C)COC(c2ccccc2)(c2ccc(OC)cc2)c2ccc(OC)cc2)CCCN(CCCCN(CCCNC(=O)OC2CC(C)C(OC(C)=O)C(OC(C)=O)C2OC(C)=O)C(=O)OC2CC(C)C(OC(C)=O)C(OC(C)=O)C2OC(C)=O)C(=O)OC2OC(C(=O)OC)C(C)C(C)C2C)C(C)C(C)C1C. The van der Waals surface area contributed by atoms with Gasteiger partial charge < -0.3 is 110 Å². The Labute approximate surface area is 794 Å². The van der Waals surface area contributed by atoms with E-state index in [-0.39, 0.29) is 152 Å². The van der Waals surface area contributed by atoms with Crippen molar-refractivity contribution in [2.24, 2.45) is 53.3 Å². The summed E-state index contributed by atoms with van der Waals surface area (Å²) in [5, 5.41) is 12.4. The Balaban J connectivity index is 1.23. The fraction of sp³-hybridized carbons (Fsp3) is 0.680. The summed E-state index contributed by atoms with van der Waals surface area (Å²) < 4.78 is 116. The van der Waals surface area contributed by atoms with Crippen LogP contribution < -0.4 is 14.8 Å². The smallest absolute Gasteiger partial charge is 0.412 e. The first-order chi connectivity index (χ1) is 64.1. The number of carbonyl (C=O) groups is 12. The molecule has 0 spiro atoms. The predicted octanol–water partition coefficient (Wildman–Crippen LogP) is 13.7. The number of nitriles is 1. The van der Waals surface area contributed by atoms with Crippen molar-refractivity contribution in [3.63, 3.8) is 0 Å². The molecule has 38 heteroatoms. The molecule has 4 fully saturated rings. The van der Waals surface area contributed by atoms with E-state index in [1.807, 2.05) is 120 Å². The van der Waals surface area contributed by atoms with E-state index in [1.165, 1.54) is 28.9 Å². The van der Waals surface area contributed by atoms with Crippen LogP contribution in [-0.4, -0.2) is 271 Å². The number of unbranched alkanes of at least 4 members (excludes halogenated alkanes) is 2. The highest BCUT2D eigenvalue weighted by Crippen LogP contribution is 2.49. The first kappa shape index (κ1) is 112. The molecule has 752 valence electrons. The molecule has 2 saturated heterocycles. The molecular formula is C97H143N6O31P. The lowest BCUT2D eigenvalue weighted by molar-refractivity contribution is -0.233. The molecule has 37 nitrogen and oxygen atoms in total. The molecule has 22 unspecified atom stereocenters. The van der Waals surface area contributed by atoms with Crippen LogP contribution in [0.4, 0.5) is 19.2 Å². The van der Waals surface area contributed by atoms with E-state index in [4.69, 9.17) is 89.6 Å². The van der Waals surface area contributed by atoms with Gasteiger partial charge in [-0.3, -0.25) is 28.8 Å². The number of amides is 4. The zero-order valence-electron chi connectivity index (χ0n) is 82.3. The van der Waals surface area contributed by atoms with Crippen LogP contribution in [-0.2, 0) is 124 Å². The molecule has 7 rings (SSSR count). The van der Waals surface area contributed by atoms with E-state index in [1.54, 1.807) is 28.1 Å². The van der Waals surface area contributed by atoms with E-state index in [0.717, 1.165) is 58.2 Å². The van der Waals surface area contributed by atoms with Gasteiger partial charge in [0, 0.05) is 129 Å². The molecule has 3 aromatic rings. The lowest BCUT2D eigenvalue weighted by Gasteiger charge is -2.43. The second-order valence-electron chi connectivity index (χ2n) is 35.9. The number of alkyl carbamates (subject to hydrolysis) is 1. The van der Waals surface area contributed by atoms with Crippen molar-refractivity contribution in [3.8, 4) is 17.6 Å². The van der Waals surface area contributed by atoms with Crippen molar-refractivity contribution in [2.45, 2.75) is 280 Å². The Bertz CT molecular complexity index is 4300. The van der Waals surface area contributed by atoms with Crippen LogP contribution in [0.25, 0.3) is 0 Å². The molecular weight excluding hydrogens is 1780 g/mol. The third kappa shape index (κ3) is 32.2. The van der Waals surface area contributed by atoms with Crippen LogP contribution in [0.2, 0.25) is 0 Å². The van der Waals surface area contributed by atoms with Crippen LogP contribution in [0.3, 0.4) is 0 Å². The van der Waals surface area contributed by atoms with Gasteiger partial charge in [0.05, 0.1) is 60.7 Å². The number of nitrogens with one attached hydrogen (secondary N) is 1. The largest absolute Gasteiger partial charge is 0.497 e. The molecule has 0 aromatic heterocycles. The summed E-state index contributed by atoms with van der Waals surface area (Å²) in [7, 11) is 3.95. The van der Waals surface area contributed by atoms with Crippen LogP contribution in [0.15, 0.2) is 78.9 Å². The molecule has 0 bridgehead atoms. The summed E-state index contributed by atoms with van der Waals surface area (Å²) in [6.45, 7) is 29.4. The molecule has 135 heavy (non-hydrogen) atoms. The minimum absolute atomic E-state index is 0.00537. The van der Waals surface area contributed by atoms with Gasteiger partial charge in [-0.05, 0) is 144 Å². The van der Waals surface area contributed by atoms with Gasteiger partial charge >= 0.3 is 72.1 Å². The zero-order chi connectivity index (χ0) is 99.7. The Morgan fingerprint density at radius 2 is 0.815 bits per heavy atom. The maximum absolute atomic E-state index is 15.3. The fourth-order valence-corrected chi connectivity index (χ4v) is 19.4. The summed E-state index contributed by atoms with van der Waals surface area (Å²) in [6.07, 6.45) is -17.0. The van der Waals surface area contributed by atoms with Gasteiger partial charge in [0.15, 0.2) is 36.6 Å². The summed E-state index contributed by atoms with van der Waals surface area (Å²) in [6, 6.07) is 27.4. The van der Waals surface area contributed by atoms with Crippen LogP contribution in [0, 0.1) is 64.6 Å². The third-order valence-electron chi connectivity index (χ3n) is 25.4. The number of methoxy groups -OCH3 is 4. The van der Waals surface area contributed by atoms with E-state index in [0.29, 0.717) is 30.8 Å². The number of hydrogen-bond acceptors (Lipinski definition) is 33. The topological polar surface area (TPSA) is 429 Å². The number of nitrogens with zero attached hydrogens (tertiary/aromatic N) is 5. The molecule has 1 N–H and O–H groups in total. The van der Waals surface area contributed by atoms with Gasteiger partial charge in [-0.1, -0.05) is 116 Å².